The van der Waals surface area contributed by atoms with Gasteiger partial charge in [-0.3, -0.25) is 4.79 Å². The molecule has 4 nitrogen and oxygen atoms in total. The van der Waals surface area contributed by atoms with Crippen LogP contribution in [0.3, 0.4) is 0 Å². The lowest BCUT2D eigenvalue weighted by Crippen LogP contribution is -2.55. The minimum atomic E-state index is -0.230. The fourth-order valence-electron chi connectivity index (χ4n) is 2.33. The molecule has 0 aromatic heterocycles. The van der Waals surface area contributed by atoms with E-state index in [1.165, 1.54) is 11.1 Å². The van der Waals surface area contributed by atoms with Crippen LogP contribution in [0.15, 0.2) is 24.3 Å². The highest BCUT2D eigenvalue weighted by Crippen LogP contribution is 2.05. The van der Waals surface area contributed by atoms with Crippen LogP contribution in [0.25, 0.3) is 0 Å². The van der Waals surface area contributed by atoms with Crippen molar-refractivity contribution in [1.82, 2.24) is 10.6 Å². The molecule has 19 heavy (non-hydrogen) atoms. The summed E-state index contributed by atoms with van der Waals surface area (Å²) in [4.78, 5) is 12.0. The number of carbonyl (C=O) groups is 1. The molecule has 1 saturated heterocycles. The van der Waals surface area contributed by atoms with E-state index < -0.39 is 0 Å². The Bertz CT molecular complexity index is 434. The third kappa shape index (κ3) is 4.04. The molecule has 0 bridgehead atoms. The molecule has 2 N–H and O–H groups in total. The van der Waals surface area contributed by atoms with Gasteiger partial charge in [-0.1, -0.05) is 29.8 Å². The molecule has 0 unspecified atom stereocenters. The van der Waals surface area contributed by atoms with Crippen LogP contribution < -0.4 is 10.6 Å². The first-order valence-corrected chi connectivity index (χ1v) is 6.85. The van der Waals surface area contributed by atoms with Gasteiger partial charge in [-0.15, -0.1) is 0 Å². The summed E-state index contributed by atoms with van der Waals surface area (Å²) in [7, 11) is 0. The highest BCUT2D eigenvalue weighted by Gasteiger charge is 2.27. The number of rotatable bonds is 4. The second kappa shape index (κ2) is 6.68. The predicted octanol–water partition coefficient (Wildman–Crippen LogP) is 1.03. The number of aryl methyl sites for hydroxylation is 1. The van der Waals surface area contributed by atoms with Crippen molar-refractivity contribution < 1.29 is 9.53 Å². The molecule has 1 aliphatic heterocycles. The fourth-order valence-corrected chi connectivity index (χ4v) is 2.33. The Morgan fingerprint density at radius 1 is 1.53 bits per heavy atom. The highest BCUT2D eigenvalue weighted by molar-refractivity contribution is 5.82. The van der Waals surface area contributed by atoms with E-state index in [0.29, 0.717) is 13.2 Å². The van der Waals surface area contributed by atoms with Crippen molar-refractivity contribution in [2.45, 2.75) is 32.4 Å². The van der Waals surface area contributed by atoms with Crippen LogP contribution in [0, 0.1) is 6.92 Å². The normalized spacial score (nSPS) is 23.1. The average Bonchev–Trinajstić information content (AvgIpc) is 2.39. The van der Waals surface area contributed by atoms with E-state index in [-0.39, 0.29) is 18.1 Å². The topological polar surface area (TPSA) is 50.4 Å². The van der Waals surface area contributed by atoms with Crippen LogP contribution >= 0.6 is 0 Å². The summed E-state index contributed by atoms with van der Waals surface area (Å²) in [5.74, 6) is 0.0276. The molecule has 1 aromatic rings. The van der Waals surface area contributed by atoms with Crippen LogP contribution in [-0.4, -0.2) is 37.7 Å². The van der Waals surface area contributed by atoms with Gasteiger partial charge >= 0.3 is 0 Å². The monoisotopic (exact) mass is 262 g/mol. The molecule has 1 aromatic carbocycles. The molecule has 0 radical (unpaired) electrons. The van der Waals surface area contributed by atoms with Crippen LogP contribution in [-0.2, 0) is 16.0 Å². The Hall–Kier alpha value is -1.39. The van der Waals surface area contributed by atoms with Crippen molar-refractivity contribution in [3.05, 3.63) is 35.4 Å². The van der Waals surface area contributed by atoms with Crippen molar-refractivity contribution in [2.24, 2.45) is 0 Å². The summed E-state index contributed by atoms with van der Waals surface area (Å²) in [6.07, 6.45) is 0.794. The molecule has 2 rings (SSSR count). The Kier molecular flexibility index (Phi) is 4.93. The molecular formula is C15H22N2O2. The first-order chi connectivity index (χ1) is 9.16. The van der Waals surface area contributed by atoms with E-state index in [1.54, 1.807) is 0 Å². The number of carbonyl (C=O) groups excluding carboxylic acids is 1. The molecular weight excluding hydrogens is 240 g/mol. The smallest absolute Gasteiger partial charge is 0.239 e. The van der Waals surface area contributed by atoms with Gasteiger partial charge in [0.05, 0.1) is 12.7 Å². The summed E-state index contributed by atoms with van der Waals surface area (Å²) in [6.45, 7) is 6.08. The standard InChI is InChI=1S/C15H22N2O2/c1-11-4-3-5-13(10-11)6-7-17-15(18)14-12(2)19-9-8-16-14/h3-5,10,12,14,16H,6-9H2,1-2H3,(H,17,18)/t12-,14+/m1/s1. The largest absolute Gasteiger partial charge is 0.375 e. The predicted molar refractivity (Wildman–Crippen MR) is 75.1 cm³/mol. The van der Waals surface area contributed by atoms with Gasteiger partial charge in [0.15, 0.2) is 0 Å². The SMILES string of the molecule is Cc1cccc(CCNC(=O)[C@H]2NCCO[C@@H]2C)c1. The second-order valence-electron chi connectivity index (χ2n) is 5.04. The second-order valence-corrected chi connectivity index (χ2v) is 5.04. The van der Waals surface area contributed by atoms with Crippen LogP contribution in [0.5, 0.6) is 0 Å². The van der Waals surface area contributed by atoms with Crippen molar-refractivity contribution in [3.63, 3.8) is 0 Å². The minimum absolute atomic E-state index is 0.0276. The maximum absolute atomic E-state index is 12.0. The molecule has 104 valence electrons. The van der Waals surface area contributed by atoms with Crippen LogP contribution in [0.1, 0.15) is 18.1 Å². The number of hydrogen-bond acceptors (Lipinski definition) is 3. The van der Waals surface area contributed by atoms with Crippen LogP contribution in [0.2, 0.25) is 0 Å². The first-order valence-electron chi connectivity index (χ1n) is 6.85. The number of amides is 1. The Labute approximate surface area is 114 Å². The average molecular weight is 262 g/mol. The molecule has 1 amide bonds. The van der Waals surface area contributed by atoms with Gasteiger partial charge in [-0.05, 0) is 25.8 Å². The number of nitrogens with one attached hydrogen (secondary N) is 2. The molecule has 0 saturated carbocycles. The van der Waals surface area contributed by atoms with Gasteiger partial charge in [-0.2, -0.15) is 0 Å². The lowest BCUT2D eigenvalue weighted by Gasteiger charge is -2.29. The van der Waals surface area contributed by atoms with E-state index in [2.05, 4.69) is 35.8 Å². The van der Waals surface area contributed by atoms with E-state index in [4.69, 9.17) is 4.74 Å². The summed E-state index contributed by atoms with van der Waals surface area (Å²) in [5, 5.41) is 6.16. The van der Waals surface area contributed by atoms with Crippen molar-refractivity contribution in [1.29, 1.82) is 0 Å². The van der Waals surface area contributed by atoms with E-state index in [9.17, 15) is 4.79 Å². The highest BCUT2D eigenvalue weighted by atomic mass is 16.5. The van der Waals surface area contributed by atoms with E-state index in [0.717, 1.165) is 13.0 Å². The van der Waals surface area contributed by atoms with Gasteiger partial charge < -0.3 is 15.4 Å². The molecule has 1 fully saturated rings. The Balaban J connectivity index is 1.77. The number of hydrogen-bond donors (Lipinski definition) is 2. The number of ether oxygens (including phenoxy) is 1. The number of morpholine rings is 1. The maximum Gasteiger partial charge on any atom is 0.239 e. The minimum Gasteiger partial charge on any atom is -0.375 e. The third-order valence-corrected chi connectivity index (χ3v) is 3.39. The maximum atomic E-state index is 12.0. The summed E-state index contributed by atoms with van der Waals surface area (Å²) in [6, 6.07) is 8.13. The lowest BCUT2D eigenvalue weighted by molar-refractivity contribution is -0.128. The summed E-state index contributed by atoms with van der Waals surface area (Å²) >= 11 is 0. The Morgan fingerprint density at radius 3 is 3.11 bits per heavy atom. The van der Waals surface area contributed by atoms with Gasteiger partial charge in [0.1, 0.15) is 6.04 Å². The van der Waals surface area contributed by atoms with Crippen molar-refractivity contribution in [3.8, 4) is 0 Å². The zero-order chi connectivity index (χ0) is 13.7. The molecule has 1 aliphatic rings. The van der Waals surface area contributed by atoms with Crippen molar-refractivity contribution >= 4 is 5.91 Å². The quantitative estimate of drug-likeness (QED) is 0.852. The molecule has 1 heterocycles. The first kappa shape index (κ1) is 14.0. The van der Waals surface area contributed by atoms with Crippen molar-refractivity contribution in [2.75, 3.05) is 19.7 Å². The summed E-state index contributed by atoms with van der Waals surface area (Å²) < 4.78 is 5.47. The third-order valence-electron chi connectivity index (χ3n) is 3.39. The molecule has 0 aliphatic carbocycles. The molecule has 2 atom stereocenters. The molecule has 4 heteroatoms. The molecule has 0 spiro atoms. The zero-order valence-electron chi connectivity index (χ0n) is 11.6. The van der Waals surface area contributed by atoms with Gasteiger partial charge in [0, 0.05) is 13.1 Å². The fraction of sp³-hybridized carbons (Fsp3) is 0.533. The lowest BCUT2D eigenvalue weighted by atomic mass is 10.1. The summed E-state index contributed by atoms with van der Waals surface area (Å²) in [5.41, 5.74) is 2.50. The number of benzene rings is 1. The van der Waals surface area contributed by atoms with Gasteiger partial charge in [0.25, 0.3) is 0 Å². The van der Waals surface area contributed by atoms with Gasteiger partial charge in [-0.25, -0.2) is 0 Å². The zero-order valence-corrected chi connectivity index (χ0v) is 11.6. The van der Waals surface area contributed by atoms with E-state index in [1.807, 2.05) is 13.0 Å². The van der Waals surface area contributed by atoms with Crippen LogP contribution in [0.4, 0.5) is 0 Å². The van der Waals surface area contributed by atoms with E-state index >= 15 is 0 Å². The van der Waals surface area contributed by atoms with Gasteiger partial charge in [0.2, 0.25) is 5.91 Å². The Morgan fingerprint density at radius 2 is 2.37 bits per heavy atom.